The molecule has 0 bridgehead atoms. The SMILES string of the molecule is CC(C)(C)OC(=O)N1[C@H]([C@@H](CCC=O)OI)COC1(C)C. The van der Waals surface area contributed by atoms with Crippen molar-refractivity contribution in [2.75, 3.05) is 6.61 Å². The molecule has 1 heterocycles. The molecule has 21 heavy (non-hydrogen) atoms. The highest BCUT2D eigenvalue weighted by Crippen LogP contribution is 2.33. The molecule has 0 spiro atoms. The van der Waals surface area contributed by atoms with E-state index in [4.69, 9.17) is 12.5 Å². The molecule has 0 N–H and O–H groups in total. The second-order valence-electron chi connectivity index (χ2n) is 6.55. The van der Waals surface area contributed by atoms with E-state index in [1.165, 1.54) is 0 Å². The first-order valence-electron chi connectivity index (χ1n) is 6.99. The number of rotatable bonds is 5. The number of carbonyl (C=O) groups excluding carboxylic acids is 2. The molecule has 1 amide bonds. The van der Waals surface area contributed by atoms with Gasteiger partial charge in [-0.1, -0.05) is 0 Å². The number of carbonyl (C=O) groups is 2. The molecule has 1 saturated heterocycles. The topological polar surface area (TPSA) is 65.1 Å². The third-order valence-electron chi connectivity index (χ3n) is 3.22. The second kappa shape index (κ2) is 7.23. The van der Waals surface area contributed by atoms with E-state index in [1.54, 1.807) is 27.9 Å². The standard InChI is InChI=1S/C14H24INO5/c1-13(2,3)20-12(18)16-10(9-19-14(16,4)5)11(21-15)7-6-8-17/h8,10-11H,6-7,9H2,1-5H3/t10-,11+/m0/s1. The van der Waals surface area contributed by atoms with Crippen LogP contribution >= 0.6 is 23.0 Å². The maximum absolute atomic E-state index is 12.5. The zero-order valence-electron chi connectivity index (χ0n) is 13.2. The minimum Gasteiger partial charge on any atom is -0.444 e. The Morgan fingerprint density at radius 3 is 2.62 bits per heavy atom. The second-order valence-corrected chi connectivity index (χ2v) is 7.06. The van der Waals surface area contributed by atoms with E-state index in [1.807, 2.05) is 34.6 Å². The largest absolute Gasteiger partial charge is 0.444 e. The number of halogens is 1. The highest BCUT2D eigenvalue weighted by molar-refractivity contribution is 14.1. The first-order chi connectivity index (χ1) is 9.62. The van der Waals surface area contributed by atoms with Gasteiger partial charge in [-0.2, -0.15) is 0 Å². The lowest BCUT2D eigenvalue weighted by atomic mass is 10.1. The van der Waals surface area contributed by atoms with Gasteiger partial charge in [0.2, 0.25) is 0 Å². The van der Waals surface area contributed by atoms with Gasteiger partial charge < -0.3 is 17.3 Å². The summed E-state index contributed by atoms with van der Waals surface area (Å²) < 4.78 is 16.6. The van der Waals surface area contributed by atoms with Crippen LogP contribution in [-0.2, 0) is 17.3 Å². The average Bonchev–Trinajstić information content (AvgIpc) is 2.64. The van der Waals surface area contributed by atoms with E-state index >= 15 is 0 Å². The van der Waals surface area contributed by atoms with Gasteiger partial charge in [0.15, 0.2) is 0 Å². The Balaban J connectivity index is 2.92. The fourth-order valence-corrected chi connectivity index (χ4v) is 2.89. The zero-order valence-corrected chi connectivity index (χ0v) is 15.4. The van der Waals surface area contributed by atoms with E-state index in [0.717, 1.165) is 6.29 Å². The lowest BCUT2D eigenvalue weighted by molar-refractivity contribution is -0.108. The Morgan fingerprint density at radius 1 is 1.52 bits per heavy atom. The lowest BCUT2D eigenvalue weighted by Gasteiger charge is -2.36. The van der Waals surface area contributed by atoms with Gasteiger partial charge in [0, 0.05) is 6.42 Å². The molecule has 0 saturated carbocycles. The monoisotopic (exact) mass is 413 g/mol. The Morgan fingerprint density at radius 2 is 2.14 bits per heavy atom. The highest BCUT2D eigenvalue weighted by Gasteiger charge is 2.48. The average molecular weight is 413 g/mol. The fourth-order valence-electron chi connectivity index (χ4n) is 2.30. The Bertz CT molecular complexity index is 380. The number of nitrogens with zero attached hydrogens (tertiary/aromatic N) is 1. The van der Waals surface area contributed by atoms with Gasteiger partial charge in [0.1, 0.15) is 40.6 Å². The molecule has 0 aromatic rings. The first kappa shape index (κ1) is 18.6. The van der Waals surface area contributed by atoms with Gasteiger partial charge in [-0.3, -0.25) is 4.90 Å². The van der Waals surface area contributed by atoms with Crippen LogP contribution in [0.4, 0.5) is 4.79 Å². The van der Waals surface area contributed by atoms with E-state index in [2.05, 4.69) is 0 Å². The molecule has 6 nitrogen and oxygen atoms in total. The minimum absolute atomic E-state index is 0.272. The molecule has 1 fully saturated rings. The van der Waals surface area contributed by atoms with Gasteiger partial charge >= 0.3 is 6.09 Å². The maximum atomic E-state index is 12.5. The number of aldehydes is 1. The molecular formula is C14H24INO5. The van der Waals surface area contributed by atoms with Crippen LogP contribution in [0.1, 0.15) is 47.5 Å². The van der Waals surface area contributed by atoms with Crippen LogP contribution in [0.25, 0.3) is 0 Å². The predicted octanol–water partition coefficient (Wildman–Crippen LogP) is 3.07. The molecule has 1 rings (SSSR count). The number of ether oxygens (including phenoxy) is 2. The Hall–Kier alpha value is -0.410. The molecule has 0 unspecified atom stereocenters. The molecule has 122 valence electrons. The molecule has 1 aliphatic rings. The summed E-state index contributed by atoms with van der Waals surface area (Å²) in [5, 5.41) is 0. The minimum atomic E-state index is -0.762. The van der Waals surface area contributed by atoms with Crippen molar-refractivity contribution >= 4 is 35.4 Å². The van der Waals surface area contributed by atoms with Crippen molar-refractivity contribution in [2.24, 2.45) is 0 Å². The summed E-state index contributed by atoms with van der Waals surface area (Å²) in [5.41, 5.74) is -1.34. The Kier molecular flexibility index (Phi) is 6.42. The van der Waals surface area contributed by atoms with E-state index < -0.39 is 17.4 Å². The Labute approximate surface area is 140 Å². The van der Waals surface area contributed by atoms with E-state index in [9.17, 15) is 9.59 Å². The van der Waals surface area contributed by atoms with Crippen LogP contribution in [0.3, 0.4) is 0 Å². The quantitative estimate of drug-likeness (QED) is 0.512. The van der Waals surface area contributed by atoms with Crippen molar-refractivity contribution in [3.63, 3.8) is 0 Å². The maximum Gasteiger partial charge on any atom is 0.412 e. The molecule has 0 aliphatic carbocycles. The summed E-state index contributed by atoms with van der Waals surface area (Å²) in [6, 6.07) is -0.272. The highest BCUT2D eigenvalue weighted by atomic mass is 127. The molecule has 0 radical (unpaired) electrons. The van der Waals surface area contributed by atoms with Gasteiger partial charge in [-0.05, 0) is 41.0 Å². The van der Waals surface area contributed by atoms with E-state index in [0.29, 0.717) is 19.4 Å². The summed E-state index contributed by atoms with van der Waals surface area (Å²) in [6.45, 7) is 9.47. The van der Waals surface area contributed by atoms with Crippen LogP contribution in [0.15, 0.2) is 0 Å². The first-order valence-corrected chi connectivity index (χ1v) is 7.88. The van der Waals surface area contributed by atoms with E-state index in [-0.39, 0.29) is 12.1 Å². The fraction of sp³-hybridized carbons (Fsp3) is 0.857. The smallest absolute Gasteiger partial charge is 0.412 e. The third kappa shape index (κ3) is 5.07. The van der Waals surface area contributed by atoms with Crippen molar-refractivity contribution < 1.29 is 22.1 Å². The van der Waals surface area contributed by atoms with Gasteiger partial charge in [-0.25, -0.2) is 4.79 Å². The molecule has 0 aromatic heterocycles. The number of amides is 1. The number of hydrogen-bond donors (Lipinski definition) is 0. The van der Waals surface area contributed by atoms with Crippen molar-refractivity contribution in [2.45, 2.75) is 70.9 Å². The molecule has 2 atom stereocenters. The van der Waals surface area contributed by atoms with Crippen LogP contribution in [0.5, 0.6) is 0 Å². The van der Waals surface area contributed by atoms with Crippen LogP contribution in [0.2, 0.25) is 0 Å². The van der Waals surface area contributed by atoms with Gasteiger partial charge in [0.05, 0.1) is 18.8 Å². The summed E-state index contributed by atoms with van der Waals surface area (Å²) in [7, 11) is 0. The molecule has 0 aromatic carbocycles. The van der Waals surface area contributed by atoms with Crippen molar-refractivity contribution in [1.82, 2.24) is 4.90 Å². The summed E-state index contributed by atoms with van der Waals surface area (Å²) in [5.74, 6) is 0. The van der Waals surface area contributed by atoms with Gasteiger partial charge in [0.25, 0.3) is 0 Å². The third-order valence-corrected chi connectivity index (χ3v) is 3.88. The summed E-state index contributed by atoms with van der Waals surface area (Å²) in [6.07, 6.45) is 1.06. The van der Waals surface area contributed by atoms with Crippen LogP contribution in [-0.4, -0.2) is 47.4 Å². The molecule has 7 heteroatoms. The zero-order chi connectivity index (χ0) is 16.3. The van der Waals surface area contributed by atoms with Crippen molar-refractivity contribution in [1.29, 1.82) is 0 Å². The van der Waals surface area contributed by atoms with Crippen LogP contribution < -0.4 is 0 Å². The summed E-state index contributed by atoms with van der Waals surface area (Å²) >= 11 is 1.80. The normalized spacial score (nSPS) is 23.0. The molecule has 1 aliphatic heterocycles. The van der Waals surface area contributed by atoms with Crippen molar-refractivity contribution in [3.05, 3.63) is 0 Å². The van der Waals surface area contributed by atoms with Gasteiger partial charge in [-0.15, -0.1) is 0 Å². The summed E-state index contributed by atoms with van der Waals surface area (Å²) in [4.78, 5) is 24.6. The van der Waals surface area contributed by atoms with Crippen LogP contribution in [0, 0.1) is 0 Å². The lowest BCUT2D eigenvalue weighted by Crippen LogP contribution is -2.53. The van der Waals surface area contributed by atoms with Crippen molar-refractivity contribution in [3.8, 4) is 0 Å². The molecular weight excluding hydrogens is 389 g/mol. The predicted molar refractivity (Wildman–Crippen MR) is 86.1 cm³/mol. The number of hydrogen-bond acceptors (Lipinski definition) is 5.